The van der Waals surface area contributed by atoms with Crippen molar-refractivity contribution in [1.29, 1.82) is 0 Å². The number of rotatable bonds is 4. The highest BCUT2D eigenvalue weighted by atomic mass is 127. The van der Waals surface area contributed by atoms with Gasteiger partial charge >= 0.3 is 0 Å². The lowest BCUT2D eigenvalue weighted by Crippen LogP contribution is -2.20. The summed E-state index contributed by atoms with van der Waals surface area (Å²) in [5, 5.41) is 4.12. The van der Waals surface area contributed by atoms with Crippen LogP contribution in [0.15, 0.2) is 36.5 Å². The number of hydrogen-bond donors (Lipinski definition) is 1. The van der Waals surface area contributed by atoms with Crippen LogP contribution in [0.25, 0.3) is 0 Å². The van der Waals surface area contributed by atoms with Crippen molar-refractivity contribution in [1.82, 2.24) is 10.3 Å². The van der Waals surface area contributed by atoms with Crippen LogP contribution in [0.1, 0.15) is 22.9 Å². The maximum atomic E-state index is 6.09. The number of aromatic nitrogens is 1. The molecule has 0 aliphatic heterocycles. The summed E-state index contributed by atoms with van der Waals surface area (Å²) in [6, 6.07) is 10.4. The molecule has 1 N–H and O–H groups in total. The lowest BCUT2D eigenvalue weighted by atomic mass is 10.0. The number of nitrogens with zero attached hydrogens (tertiary/aromatic N) is 1. The van der Waals surface area contributed by atoms with E-state index in [4.69, 9.17) is 11.6 Å². The second-order valence-corrected chi connectivity index (χ2v) is 6.14. The second kappa shape index (κ2) is 6.68. The Hall–Kier alpha value is -0.650. The van der Waals surface area contributed by atoms with Gasteiger partial charge in [-0.2, -0.15) is 0 Å². The van der Waals surface area contributed by atoms with Crippen LogP contribution in [0.4, 0.5) is 0 Å². The molecule has 1 atom stereocenters. The molecule has 0 aliphatic rings. The Labute approximate surface area is 132 Å². The zero-order valence-electron chi connectivity index (χ0n) is 11.0. The lowest BCUT2D eigenvalue weighted by Gasteiger charge is -2.18. The molecule has 0 radical (unpaired) electrons. The molecule has 100 valence electrons. The second-order valence-electron chi connectivity index (χ2n) is 4.54. The van der Waals surface area contributed by atoms with Crippen LogP contribution >= 0.6 is 34.2 Å². The number of aryl methyl sites for hydroxylation is 1. The molecule has 1 unspecified atom stereocenters. The van der Waals surface area contributed by atoms with Crippen LogP contribution in [0.2, 0.25) is 5.02 Å². The Morgan fingerprint density at radius 1 is 1.32 bits per heavy atom. The number of pyridine rings is 1. The van der Waals surface area contributed by atoms with E-state index in [1.807, 2.05) is 38.4 Å². The molecular formula is C15H16ClIN2. The van der Waals surface area contributed by atoms with Crippen molar-refractivity contribution in [2.45, 2.75) is 19.4 Å². The molecule has 0 saturated heterocycles. The molecule has 2 rings (SSSR count). The van der Waals surface area contributed by atoms with E-state index in [-0.39, 0.29) is 6.04 Å². The molecule has 19 heavy (non-hydrogen) atoms. The summed E-state index contributed by atoms with van der Waals surface area (Å²) in [7, 11) is 1.97. The Balaban J connectivity index is 2.24. The third kappa shape index (κ3) is 3.91. The van der Waals surface area contributed by atoms with Gasteiger partial charge in [0.15, 0.2) is 0 Å². The molecule has 0 fully saturated rings. The van der Waals surface area contributed by atoms with Crippen LogP contribution in [0, 0.1) is 10.5 Å². The molecule has 1 heterocycles. The van der Waals surface area contributed by atoms with Gasteiger partial charge in [-0.05, 0) is 72.0 Å². The smallest absolute Gasteiger partial charge is 0.0422 e. The molecule has 0 saturated carbocycles. The van der Waals surface area contributed by atoms with Gasteiger partial charge in [0, 0.05) is 32.9 Å². The van der Waals surface area contributed by atoms with Crippen LogP contribution in [0.3, 0.4) is 0 Å². The van der Waals surface area contributed by atoms with Gasteiger partial charge in [-0.15, -0.1) is 0 Å². The van der Waals surface area contributed by atoms with Crippen molar-refractivity contribution in [2.24, 2.45) is 0 Å². The Bertz CT molecular complexity index is 555. The number of hydrogen-bond acceptors (Lipinski definition) is 2. The first-order valence-corrected chi connectivity index (χ1v) is 7.59. The molecule has 1 aromatic carbocycles. The maximum absolute atomic E-state index is 6.09. The van der Waals surface area contributed by atoms with Crippen LogP contribution in [-0.4, -0.2) is 12.0 Å². The summed E-state index contributed by atoms with van der Waals surface area (Å²) >= 11 is 8.44. The predicted molar refractivity (Wildman–Crippen MR) is 88.6 cm³/mol. The Morgan fingerprint density at radius 3 is 2.74 bits per heavy atom. The van der Waals surface area contributed by atoms with Crippen molar-refractivity contribution < 1.29 is 0 Å². The number of halogens is 2. The fourth-order valence-electron chi connectivity index (χ4n) is 1.98. The van der Waals surface area contributed by atoms with Crippen molar-refractivity contribution >= 4 is 34.2 Å². The first-order chi connectivity index (χ1) is 9.10. The van der Waals surface area contributed by atoms with Gasteiger partial charge in [0.2, 0.25) is 0 Å². The highest BCUT2D eigenvalue weighted by Crippen LogP contribution is 2.26. The Morgan fingerprint density at radius 2 is 2.11 bits per heavy atom. The fourth-order valence-corrected chi connectivity index (χ4v) is 2.87. The topological polar surface area (TPSA) is 24.9 Å². The van der Waals surface area contributed by atoms with E-state index >= 15 is 0 Å². The monoisotopic (exact) mass is 386 g/mol. The summed E-state index contributed by atoms with van der Waals surface area (Å²) in [5.41, 5.74) is 3.49. The average Bonchev–Trinajstić information content (AvgIpc) is 2.41. The molecule has 2 nitrogen and oxygen atoms in total. The SMILES string of the molecule is CNC(Cc1ccc(C)cn1)c1cc(Cl)ccc1I. The highest BCUT2D eigenvalue weighted by molar-refractivity contribution is 14.1. The number of likely N-dealkylation sites (N-methyl/N-ethyl adjacent to an activating group) is 1. The van der Waals surface area contributed by atoms with Crippen molar-refractivity contribution in [3.63, 3.8) is 0 Å². The molecular weight excluding hydrogens is 371 g/mol. The van der Waals surface area contributed by atoms with Crippen molar-refractivity contribution in [3.8, 4) is 0 Å². The van der Waals surface area contributed by atoms with Gasteiger partial charge in [0.25, 0.3) is 0 Å². The quantitative estimate of drug-likeness (QED) is 0.799. The largest absolute Gasteiger partial charge is 0.313 e. The van der Waals surface area contributed by atoms with E-state index in [1.165, 1.54) is 14.7 Å². The molecule has 0 aliphatic carbocycles. The summed E-state index contributed by atoms with van der Waals surface area (Å²) < 4.78 is 1.22. The molecule has 0 bridgehead atoms. The normalized spacial score (nSPS) is 12.4. The first-order valence-electron chi connectivity index (χ1n) is 6.14. The van der Waals surface area contributed by atoms with Crippen LogP contribution in [0.5, 0.6) is 0 Å². The minimum Gasteiger partial charge on any atom is -0.313 e. The third-order valence-corrected chi connectivity index (χ3v) is 4.29. The summed E-state index contributed by atoms with van der Waals surface area (Å²) in [5.74, 6) is 0. The van der Waals surface area contributed by atoms with E-state index in [9.17, 15) is 0 Å². The Kier molecular flexibility index (Phi) is 5.19. The van der Waals surface area contributed by atoms with Gasteiger partial charge in [0.1, 0.15) is 0 Å². The third-order valence-electron chi connectivity index (χ3n) is 3.07. The predicted octanol–water partition coefficient (Wildman–Crippen LogP) is 4.15. The molecule has 2 aromatic rings. The van der Waals surface area contributed by atoms with Gasteiger partial charge in [0.05, 0.1) is 0 Å². The van der Waals surface area contributed by atoms with E-state index in [0.717, 1.165) is 17.1 Å². The lowest BCUT2D eigenvalue weighted by molar-refractivity contribution is 0.582. The number of benzene rings is 1. The highest BCUT2D eigenvalue weighted by Gasteiger charge is 2.14. The maximum Gasteiger partial charge on any atom is 0.0422 e. The number of nitrogens with one attached hydrogen (secondary N) is 1. The minimum absolute atomic E-state index is 0.223. The molecule has 0 spiro atoms. The standard InChI is InChI=1S/C15H16ClIN2/c1-10-3-5-12(19-9-10)8-15(18-2)13-7-11(16)4-6-14(13)17/h3-7,9,15,18H,8H2,1-2H3. The van der Waals surface area contributed by atoms with Gasteiger partial charge in [-0.1, -0.05) is 17.7 Å². The molecule has 0 amide bonds. The van der Waals surface area contributed by atoms with E-state index in [1.54, 1.807) is 0 Å². The van der Waals surface area contributed by atoms with Gasteiger partial charge in [-0.25, -0.2) is 0 Å². The minimum atomic E-state index is 0.223. The van der Waals surface area contributed by atoms with E-state index in [0.29, 0.717) is 0 Å². The first kappa shape index (κ1) is 14.8. The molecule has 4 heteroatoms. The molecule has 1 aromatic heterocycles. The van der Waals surface area contributed by atoms with E-state index < -0.39 is 0 Å². The summed E-state index contributed by atoms with van der Waals surface area (Å²) in [6.07, 6.45) is 2.76. The fraction of sp³-hybridized carbons (Fsp3) is 0.267. The van der Waals surface area contributed by atoms with Crippen LogP contribution in [-0.2, 0) is 6.42 Å². The zero-order valence-corrected chi connectivity index (χ0v) is 13.9. The van der Waals surface area contributed by atoms with Crippen LogP contribution < -0.4 is 5.32 Å². The summed E-state index contributed by atoms with van der Waals surface area (Å²) in [4.78, 5) is 4.47. The zero-order chi connectivity index (χ0) is 13.8. The summed E-state index contributed by atoms with van der Waals surface area (Å²) in [6.45, 7) is 2.05. The average molecular weight is 387 g/mol. The van der Waals surface area contributed by atoms with E-state index in [2.05, 4.69) is 45.0 Å². The van der Waals surface area contributed by atoms with Gasteiger partial charge < -0.3 is 5.32 Å². The van der Waals surface area contributed by atoms with Gasteiger partial charge in [-0.3, -0.25) is 4.98 Å². The van der Waals surface area contributed by atoms with Crippen molar-refractivity contribution in [3.05, 3.63) is 61.9 Å². The van der Waals surface area contributed by atoms with Crippen molar-refractivity contribution in [2.75, 3.05) is 7.05 Å².